The summed E-state index contributed by atoms with van der Waals surface area (Å²) in [6, 6.07) is 18.2. The van der Waals surface area contributed by atoms with E-state index in [4.69, 9.17) is 10.00 Å². The molecule has 6 nitrogen and oxygen atoms in total. The summed E-state index contributed by atoms with van der Waals surface area (Å²) >= 11 is 0. The molecule has 0 saturated carbocycles. The fourth-order valence-electron chi connectivity index (χ4n) is 3.45. The van der Waals surface area contributed by atoms with Gasteiger partial charge in [-0.1, -0.05) is 6.07 Å². The molecule has 1 saturated heterocycles. The average molecular weight is 386 g/mol. The monoisotopic (exact) mass is 386 g/mol. The van der Waals surface area contributed by atoms with Crippen molar-refractivity contribution >= 4 is 16.8 Å². The van der Waals surface area contributed by atoms with E-state index in [9.17, 15) is 4.79 Å². The second-order valence-corrected chi connectivity index (χ2v) is 7.09. The summed E-state index contributed by atoms with van der Waals surface area (Å²) in [5, 5.41) is 12.7. The van der Waals surface area contributed by atoms with Crippen molar-refractivity contribution < 1.29 is 9.53 Å². The van der Waals surface area contributed by atoms with Gasteiger partial charge in [0, 0.05) is 18.5 Å². The first-order valence-electron chi connectivity index (χ1n) is 9.81. The van der Waals surface area contributed by atoms with E-state index in [1.807, 2.05) is 24.3 Å². The summed E-state index contributed by atoms with van der Waals surface area (Å²) < 4.78 is 5.84. The van der Waals surface area contributed by atoms with Crippen LogP contribution < -0.4 is 10.1 Å². The van der Waals surface area contributed by atoms with Crippen LogP contribution in [0.3, 0.4) is 0 Å². The van der Waals surface area contributed by atoms with Gasteiger partial charge in [-0.3, -0.25) is 4.79 Å². The highest BCUT2D eigenvalue weighted by molar-refractivity contribution is 5.95. The van der Waals surface area contributed by atoms with E-state index in [1.54, 1.807) is 30.3 Å². The molecule has 1 aliphatic rings. The number of amides is 1. The number of nitrogens with one attached hydrogen (secondary N) is 1. The van der Waals surface area contributed by atoms with Crippen molar-refractivity contribution in [3.05, 3.63) is 65.9 Å². The zero-order valence-corrected chi connectivity index (χ0v) is 16.1. The quantitative estimate of drug-likeness (QED) is 0.698. The van der Waals surface area contributed by atoms with Crippen LogP contribution in [0.4, 0.5) is 0 Å². The van der Waals surface area contributed by atoms with Crippen LogP contribution in [-0.2, 0) is 0 Å². The Morgan fingerprint density at radius 3 is 2.59 bits per heavy atom. The smallest absolute Gasteiger partial charge is 0.269 e. The molecule has 0 spiro atoms. The van der Waals surface area contributed by atoms with Gasteiger partial charge in [-0.2, -0.15) is 5.26 Å². The van der Waals surface area contributed by atoms with Crippen LogP contribution in [-0.4, -0.2) is 42.0 Å². The van der Waals surface area contributed by atoms with Crippen LogP contribution in [0.15, 0.2) is 54.6 Å². The first kappa shape index (κ1) is 18.9. The number of rotatable bonds is 6. The summed E-state index contributed by atoms with van der Waals surface area (Å²) in [7, 11) is 0. The first-order valence-corrected chi connectivity index (χ1v) is 9.81. The molecule has 146 valence electrons. The third-order valence-electron chi connectivity index (χ3n) is 5.02. The van der Waals surface area contributed by atoms with E-state index in [0.29, 0.717) is 29.3 Å². The minimum Gasteiger partial charge on any atom is -0.457 e. The zero-order valence-electron chi connectivity index (χ0n) is 16.1. The molecule has 4 rings (SSSR count). The molecule has 2 heterocycles. The lowest BCUT2D eigenvalue weighted by Gasteiger charge is -2.14. The van der Waals surface area contributed by atoms with Gasteiger partial charge in [-0.05, 0) is 74.5 Å². The summed E-state index contributed by atoms with van der Waals surface area (Å²) in [6.45, 7) is 3.76. The summed E-state index contributed by atoms with van der Waals surface area (Å²) in [6.07, 6.45) is 2.49. The normalized spacial score (nSPS) is 13.9. The highest BCUT2D eigenvalue weighted by Gasteiger charge is 2.12. The minimum absolute atomic E-state index is 0.149. The number of nitriles is 1. The van der Waals surface area contributed by atoms with E-state index in [2.05, 4.69) is 21.3 Å². The number of hydrogen-bond acceptors (Lipinski definition) is 5. The van der Waals surface area contributed by atoms with Crippen molar-refractivity contribution in [3.63, 3.8) is 0 Å². The molecule has 0 unspecified atom stereocenters. The van der Waals surface area contributed by atoms with Crippen molar-refractivity contribution in [2.24, 2.45) is 0 Å². The van der Waals surface area contributed by atoms with E-state index < -0.39 is 0 Å². The maximum absolute atomic E-state index is 12.4. The Morgan fingerprint density at radius 1 is 1.07 bits per heavy atom. The standard InChI is InChI=1S/C23H22N4O2/c24-16-17-3-6-19(7-4-17)29-20-8-10-21-18(15-20)5-9-22(26-21)23(28)25-11-14-27-12-1-2-13-27/h3-10,15H,1-2,11-14H2,(H,25,28). The predicted molar refractivity (Wildman–Crippen MR) is 111 cm³/mol. The highest BCUT2D eigenvalue weighted by atomic mass is 16.5. The minimum atomic E-state index is -0.149. The van der Waals surface area contributed by atoms with E-state index in [1.165, 1.54) is 12.8 Å². The molecule has 3 aromatic rings. The van der Waals surface area contributed by atoms with Gasteiger partial charge in [0.2, 0.25) is 0 Å². The van der Waals surface area contributed by atoms with Gasteiger partial charge in [-0.15, -0.1) is 0 Å². The molecular formula is C23H22N4O2. The lowest BCUT2D eigenvalue weighted by Crippen LogP contribution is -2.33. The van der Waals surface area contributed by atoms with E-state index in [-0.39, 0.29) is 5.91 Å². The van der Waals surface area contributed by atoms with Gasteiger partial charge < -0.3 is 15.0 Å². The van der Waals surface area contributed by atoms with Gasteiger partial charge in [0.25, 0.3) is 5.91 Å². The van der Waals surface area contributed by atoms with Crippen LogP contribution in [0.1, 0.15) is 28.9 Å². The maximum atomic E-state index is 12.4. The van der Waals surface area contributed by atoms with Crippen molar-refractivity contribution in [1.82, 2.24) is 15.2 Å². The molecule has 0 radical (unpaired) electrons. The Balaban J connectivity index is 1.40. The molecule has 0 atom stereocenters. The molecule has 1 N–H and O–H groups in total. The summed E-state index contributed by atoms with van der Waals surface area (Å²) in [4.78, 5) is 19.2. The van der Waals surface area contributed by atoms with Crippen molar-refractivity contribution in [3.8, 4) is 17.6 Å². The molecular weight excluding hydrogens is 364 g/mol. The van der Waals surface area contributed by atoms with E-state index in [0.717, 1.165) is 30.5 Å². The Hall–Kier alpha value is -3.43. The molecule has 1 aromatic heterocycles. The number of aromatic nitrogens is 1. The van der Waals surface area contributed by atoms with Crippen LogP contribution in [0.2, 0.25) is 0 Å². The molecule has 0 aliphatic carbocycles. The summed E-state index contributed by atoms with van der Waals surface area (Å²) in [5.74, 6) is 1.18. The number of fused-ring (bicyclic) bond motifs is 1. The van der Waals surface area contributed by atoms with Gasteiger partial charge >= 0.3 is 0 Å². The van der Waals surface area contributed by atoms with Crippen LogP contribution in [0.25, 0.3) is 10.9 Å². The maximum Gasteiger partial charge on any atom is 0.269 e. The fourth-order valence-corrected chi connectivity index (χ4v) is 3.45. The molecule has 0 bridgehead atoms. The Kier molecular flexibility index (Phi) is 5.68. The number of likely N-dealkylation sites (tertiary alicyclic amines) is 1. The SMILES string of the molecule is N#Cc1ccc(Oc2ccc3nc(C(=O)NCCN4CCCC4)ccc3c2)cc1. The number of ether oxygens (including phenoxy) is 1. The van der Waals surface area contributed by atoms with Gasteiger partial charge in [0.1, 0.15) is 17.2 Å². The second kappa shape index (κ2) is 8.72. The Bertz CT molecular complexity index is 1050. The summed E-state index contributed by atoms with van der Waals surface area (Å²) in [5.41, 5.74) is 1.75. The average Bonchev–Trinajstić information content (AvgIpc) is 3.27. The van der Waals surface area contributed by atoms with E-state index >= 15 is 0 Å². The second-order valence-electron chi connectivity index (χ2n) is 7.09. The van der Waals surface area contributed by atoms with Crippen LogP contribution in [0.5, 0.6) is 11.5 Å². The van der Waals surface area contributed by atoms with Gasteiger partial charge in [0.15, 0.2) is 0 Å². The number of benzene rings is 2. The lowest BCUT2D eigenvalue weighted by atomic mass is 10.2. The third-order valence-corrected chi connectivity index (χ3v) is 5.02. The molecule has 29 heavy (non-hydrogen) atoms. The highest BCUT2D eigenvalue weighted by Crippen LogP contribution is 2.25. The van der Waals surface area contributed by atoms with Crippen LogP contribution >= 0.6 is 0 Å². The predicted octanol–water partition coefficient (Wildman–Crippen LogP) is 3.72. The Labute approximate surface area is 169 Å². The third kappa shape index (κ3) is 4.71. The number of hydrogen-bond donors (Lipinski definition) is 1. The fraction of sp³-hybridized carbons (Fsp3) is 0.261. The first-order chi connectivity index (χ1) is 14.2. The van der Waals surface area contributed by atoms with Crippen molar-refractivity contribution in [2.45, 2.75) is 12.8 Å². The largest absolute Gasteiger partial charge is 0.457 e. The molecule has 2 aromatic carbocycles. The topological polar surface area (TPSA) is 78.2 Å². The van der Waals surface area contributed by atoms with Crippen LogP contribution in [0, 0.1) is 11.3 Å². The molecule has 1 fully saturated rings. The van der Waals surface area contributed by atoms with Crippen molar-refractivity contribution in [2.75, 3.05) is 26.2 Å². The number of pyridine rings is 1. The molecule has 1 aliphatic heterocycles. The number of carbonyl (C=O) groups excluding carboxylic acids is 1. The molecule has 1 amide bonds. The zero-order chi connectivity index (χ0) is 20.1. The molecule has 6 heteroatoms. The number of carbonyl (C=O) groups is 1. The van der Waals surface area contributed by atoms with Gasteiger partial charge in [-0.25, -0.2) is 4.98 Å². The van der Waals surface area contributed by atoms with Crippen molar-refractivity contribution in [1.29, 1.82) is 5.26 Å². The number of nitrogens with zero attached hydrogens (tertiary/aromatic N) is 3. The van der Waals surface area contributed by atoms with Gasteiger partial charge in [0.05, 0.1) is 17.1 Å². The lowest BCUT2D eigenvalue weighted by molar-refractivity contribution is 0.0945. The Morgan fingerprint density at radius 2 is 1.83 bits per heavy atom.